The fourth-order valence-corrected chi connectivity index (χ4v) is 1.13. The summed E-state index contributed by atoms with van der Waals surface area (Å²) < 4.78 is 0. The Morgan fingerprint density at radius 3 is 2.67 bits per heavy atom. The zero-order valence-corrected chi connectivity index (χ0v) is 8.83. The molecule has 0 fully saturated rings. The molecule has 0 heterocycles. The van der Waals surface area contributed by atoms with Gasteiger partial charge in [0.15, 0.2) is 0 Å². The van der Waals surface area contributed by atoms with Gasteiger partial charge in [-0.3, -0.25) is 0 Å². The van der Waals surface area contributed by atoms with Gasteiger partial charge in [0, 0.05) is 0 Å². The van der Waals surface area contributed by atoms with Crippen LogP contribution in [0.15, 0.2) is 55.1 Å². The summed E-state index contributed by atoms with van der Waals surface area (Å²) in [7, 11) is 0. The lowest BCUT2D eigenvalue weighted by Gasteiger charge is -2.00. The van der Waals surface area contributed by atoms with Crippen molar-refractivity contribution >= 4 is 5.57 Å². The van der Waals surface area contributed by atoms with E-state index in [4.69, 9.17) is 5.26 Å². The van der Waals surface area contributed by atoms with Crippen LogP contribution in [0.25, 0.3) is 5.57 Å². The number of nitrogens with zero attached hydrogens (tertiary/aromatic N) is 1. The maximum Gasteiger partial charge on any atom is 0.0991 e. The normalized spacial score (nSPS) is 9.87. The van der Waals surface area contributed by atoms with Crippen molar-refractivity contribution in [2.75, 3.05) is 0 Å². The van der Waals surface area contributed by atoms with Crippen molar-refractivity contribution in [3.8, 4) is 6.07 Å². The van der Waals surface area contributed by atoms with Crippen LogP contribution < -0.4 is 0 Å². The SMILES string of the molecule is C=C(C)/C=C\C(=C)c1cccc(C#N)c1. The first kappa shape index (κ1) is 11.0. The highest BCUT2D eigenvalue weighted by atomic mass is 14.2. The average molecular weight is 195 g/mol. The molecule has 74 valence electrons. The molecule has 1 aromatic carbocycles. The zero-order chi connectivity index (χ0) is 11.3. The third kappa shape index (κ3) is 3.28. The van der Waals surface area contributed by atoms with Crippen LogP contribution in [0.1, 0.15) is 18.1 Å². The van der Waals surface area contributed by atoms with Crippen LogP contribution in [-0.4, -0.2) is 0 Å². The molecular weight excluding hydrogens is 182 g/mol. The van der Waals surface area contributed by atoms with Crippen molar-refractivity contribution in [3.05, 3.63) is 66.3 Å². The van der Waals surface area contributed by atoms with E-state index in [1.807, 2.05) is 37.3 Å². The number of hydrogen-bond donors (Lipinski definition) is 0. The third-order valence-corrected chi connectivity index (χ3v) is 1.93. The second kappa shape index (κ2) is 4.97. The largest absolute Gasteiger partial charge is 0.192 e. The molecule has 1 nitrogen and oxygen atoms in total. The Balaban J connectivity index is 2.93. The highest BCUT2D eigenvalue weighted by Gasteiger charge is 1.96. The van der Waals surface area contributed by atoms with Crippen LogP contribution in [0.4, 0.5) is 0 Å². The van der Waals surface area contributed by atoms with E-state index in [0.29, 0.717) is 5.56 Å². The molecule has 15 heavy (non-hydrogen) atoms. The molecule has 0 saturated carbocycles. The van der Waals surface area contributed by atoms with Crippen molar-refractivity contribution in [2.24, 2.45) is 0 Å². The van der Waals surface area contributed by atoms with Gasteiger partial charge < -0.3 is 0 Å². The number of benzene rings is 1. The van der Waals surface area contributed by atoms with Gasteiger partial charge in [0.1, 0.15) is 0 Å². The number of rotatable bonds is 3. The minimum atomic E-state index is 0.650. The summed E-state index contributed by atoms with van der Waals surface area (Å²) in [6.45, 7) is 9.64. The highest BCUT2D eigenvalue weighted by molar-refractivity contribution is 5.73. The molecule has 0 aliphatic heterocycles. The fourth-order valence-electron chi connectivity index (χ4n) is 1.13. The molecule has 0 radical (unpaired) electrons. The predicted octanol–water partition coefficient (Wildman–Crippen LogP) is 3.70. The highest BCUT2D eigenvalue weighted by Crippen LogP contribution is 2.15. The Labute approximate surface area is 90.7 Å². The van der Waals surface area contributed by atoms with Gasteiger partial charge in [-0.05, 0) is 30.2 Å². The summed E-state index contributed by atoms with van der Waals surface area (Å²) in [4.78, 5) is 0. The van der Waals surface area contributed by atoms with E-state index in [1.54, 1.807) is 6.07 Å². The van der Waals surface area contributed by atoms with Gasteiger partial charge in [0.25, 0.3) is 0 Å². The van der Waals surface area contributed by atoms with E-state index in [-0.39, 0.29) is 0 Å². The van der Waals surface area contributed by atoms with Crippen molar-refractivity contribution in [2.45, 2.75) is 6.92 Å². The minimum absolute atomic E-state index is 0.650. The Kier molecular flexibility index (Phi) is 3.65. The van der Waals surface area contributed by atoms with Crippen molar-refractivity contribution < 1.29 is 0 Å². The predicted molar refractivity (Wildman–Crippen MR) is 64.1 cm³/mol. The van der Waals surface area contributed by atoms with Gasteiger partial charge in [-0.2, -0.15) is 5.26 Å². The second-order valence-corrected chi connectivity index (χ2v) is 3.40. The summed E-state index contributed by atoms with van der Waals surface area (Å²) in [6, 6.07) is 9.50. The molecule has 0 spiro atoms. The molecule has 0 aromatic heterocycles. The molecule has 1 rings (SSSR count). The summed E-state index contributed by atoms with van der Waals surface area (Å²) in [5, 5.41) is 8.75. The van der Waals surface area contributed by atoms with Gasteiger partial charge in [-0.25, -0.2) is 0 Å². The molecule has 0 amide bonds. The van der Waals surface area contributed by atoms with Crippen molar-refractivity contribution in [3.63, 3.8) is 0 Å². The Morgan fingerprint density at radius 2 is 2.07 bits per heavy atom. The number of hydrogen-bond acceptors (Lipinski definition) is 1. The molecule has 1 heteroatoms. The number of nitriles is 1. The van der Waals surface area contributed by atoms with Gasteiger partial charge in [0.05, 0.1) is 11.6 Å². The fraction of sp³-hybridized carbons (Fsp3) is 0.0714. The van der Waals surface area contributed by atoms with Gasteiger partial charge in [-0.15, -0.1) is 0 Å². The third-order valence-electron chi connectivity index (χ3n) is 1.93. The Morgan fingerprint density at radius 1 is 1.33 bits per heavy atom. The van der Waals surface area contributed by atoms with Crippen LogP contribution in [0.2, 0.25) is 0 Å². The molecule has 0 aliphatic rings. The molecule has 0 atom stereocenters. The molecule has 0 N–H and O–H groups in total. The van der Waals surface area contributed by atoms with E-state index in [2.05, 4.69) is 19.2 Å². The van der Waals surface area contributed by atoms with E-state index < -0.39 is 0 Å². The summed E-state index contributed by atoms with van der Waals surface area (Å²) >= 11 is 0. The Bertz CT molecular complexity index is 458. The standard InChI is InChI=1S/C14H13N/c1-11(2)7-8-12(3)14-6-4-5-13(9-14)10-15/h4-9H,1,3H2,2H3/b8-7-. The molecule has 0 saturated heterocycles. The molecule has 0 bridgehead atoms. The summed E-state index contributed by atoms with van der Waals surface area (Å²) in [6.07, 6.45) is 3.81. The van der Waals surface area contributed by atoms with E-state index in [1.165, 1.54) is 0 Å². The molecule has 0 aliphatic carbocycles. The summed E-state index contributed by atoms with van der Waals surface area (Å²) in [5.41, 5.74) is 3.48. The first-order valence-corrected chi connectivity index (χ1v) is 4.66. The van der Waals surface area contributed by atoms with Crippen LogP contribution in [0, 0.1) is 11.3 Å². The molecular formula is C14H13N. The van der Waals surface area contributed by atoms with Crippen molar-refractivity contribution in [1.82, 2.24) is 0 Å². The second-order valence-electron chi connectivity index (χ2n) is 3.40. The maximum atomic E-state index is 8.75. The van der Waals surface area contributed by atoms with Crippen LogP contribution in [0.5, 0.6) is 0 Å². The maximum absolute atomic E-state index is 8.75. The van der Waals surface area contributed by atoms with E-state index in [0.717, 1.165) is 16.7 Å². The monoisotopic (exact) mass is 195 g/mol. The molecule has 0 unspecified atom stereocenters. The first-order valence-electron chi connectivity index (χ1n) is 4.66. The lowest BCUT2D eigenvalue weighted by Crippen LogP contribution is -1.81. The zero-order valence-electron chi connectivity index (χ0n) is 8.83. The average Bonchev–Trinajstić information content (AvgIpc) is 2.26. The minimum Gasteiger partial charge on any atom is -0.192 e. The lowest BCUT2D eigenvalue weighted by molar-refractivity contribution is 1.47. The quantitative estimate of drug-likeness (QED) is 0.674. The first-order chi connectivity index (χ1) is 7.13. The van der Waals surface area contributed by atoms with E-state index >= 15 is 0 Å². The van der Waals surface area contributed by atoms with Gasteiger partial charge >= 0.3 is 0 Å². The van der Waals surface area contributed by atoms with Crippen molar-refractivity contribution in [1.29, 1.82) is 5.26 Å². The van der Waals surface area contributed by atoms with Gasteiger partial charge in [-0.1, -0.05) is 43.0 Å². The number of allylic oxidation sites excluding steroid dienone is 4. The lowest BCUT2D eigenvalue weighted by atomic mass is 10.0. The van der Waals surface area contributed by atoms with Crippen LogP contribution >= 0.6 is 0 Å². The Hall–Kier alpha value is -2.07. The summed E-state index contributed by atoms with van der Waals surface area (Å²) in [5.74, 6) is 0. The van der Waals surface area contributed by atoms with Gasteiger partial charge in [0.2, 0.25) is 0 Å². The topological polar surface area (TPSA) is 23.8 Å². The smallest absolute Gasteiger partial charge is 0.0991 e. The van der Waals surface area contributed by atoms with Crippen LogP contribution in [-0.2, 0) is 0 Å². The molecule has 1 aromatic rings. The van der Waals surface area contributed by atoms with E-state index in [9.17, 15) is 0 Å². The van der Waals surface area contributed by atoms with Crippen LogP contribution in [0.3, 0.4) is 0 Å².